The molecule has 0 saturated carbocycles. The first-order valence-electron chi connectivity index (χ1n) is 20.0. The summed E-state index contributed by atoms with van der Waals surface area (Å²) in [6.45, 7) is 0. The first kappa shape index (κ1) is 32.5. The van der Waals surface area contributed by atoms with Gasteiger partial charge in [0, 0.05) is 53.8 Å². The summed E-state index contributed by atoms with van der Waals surface area (Å²) >= 11 is 1.71. The predicted octanol–water partition coefficient (Wildman–Crippen LogP) is 14.7. The minimum Gasteiger partial charge on any atom is -0.309 e. The number of benzene rings is 9. The van der Waals surface area contributed by atoms with Crippen molar-refractivity contribution in [2.75, 3.05) is 0 Å². The highest BCUT2D eigenvalue weighted by molar-refractivity contribution is 7.25. The van der Waals surface area contributed by atoms with Crippen molar-refractivity contribution in [2.24, 2.45) is 0 Å². The third-order valence-corrected chi connectivity index (χ3v) is 13.2. The molecular weight excluding hydrogens is 737 g/mol. The summed E-state index contributed by atoms with van der Waals surface area (Å²) < 4.78 is 5.99. The maximum Gasteiger partial charge on any atom is 0.143 e. The number of para-hydroxylation sites is 3. The van der Waals surface area contributed by atoms with Crippen molar-refractivity contribution >= 4 is 96.9 Å². The van der Waals surface area contributed by atoms with Crippen LogP contribution in [0.3, 0.4) is 0 Å². The van der Waals surface area contributed by atoms with Crippen LogP contribution < -0.4 is 0 Å². The molecule has 0 saturated heterocycles. The van der Waals surface area contributed by atoms with Gasteiger partial charge in [0.25, 0.3) is 0 Å². The third-order valence-electron chi connectivity index (χ3n) is 12.1. The van der Waals surface area contributed by atoms with Crippen molar-refractivity contribution in [1.82, 2.24) is 19.1 Å². The standard InChI is InChI=1S/C54H32N4S/c1-2-16-36(17-3-1)57-45-23-11-8-20-39(45)43-31-35(26-28-48(43)57)51-52(55-53-42-22-10-13-25-50(42)59-54(53)56-51)41-27-29-47(38-19-7-6-18-37(38)41)58-46-24-12-9-21-40(46)44-30-33-14-4-5-15-34(33)32-49(44)58/h1-32H. The topological polar surface area (TPSA) is 35.6 Å². The average Bonchev–Trinajstić information content (AvgIpc) is 3.94. The molecule has 13 aromatic rings. The van der Waals surface area contributed by atoms with Crippen molar-refractivity contribution in [2.45, 2.75) is 0 Å². The van der Waals surface area contributed by atoms with E-state index in [1.54, 1.807) is 11.3 Å². The highest BCUT2D eigenvalue weighted by Gasteiger charge is 2.22. The van der Waals surface area contributed by atoms with Crippen LogP contribution in [0.25, 0.3) is 119 Å². The van der Waals surface area contributed by atoms with Gasteiger partial charge in [-0.1, -0.05) is 127 Å². The van der Waals surface area contributed by atoms with Gasteiger partial charge in [0.15, 0.2) is 0 Å². The Kier molecular flexibility index (Phi) is 6.85. The van der Waals surface area contributed by atoms with Gasteiger partial charge in [0.1, 0.15) is 10.3 Å². The highest BCUT2D eigenvalue weighted by atomic mass is 32.1. The lowest BCUT2D eigenvalue weighted by molar-refractivity contribution is 1.18. The van der Waals surface area contributed by atoms with Gasteiger partial charge in [-0.25, -0.2) is 9.97 Å². The lowest BCUT2D eigenvalue weighted by atomic mass is 9.96. The number of rotatable bonds is 4. The van der Waals surface area contributed by atoms with E-state index in [1.165, 1.54) is 53.6 Å². The van der Waals surface area contributed by atoms with E-state index in [1.807, 2.05) is 0 Å². The molecule has 274 valence electrons. The van der Waals surface area contributed by atoms with Crippen molar-refractivity contribution in [3.05, 3.63) is 194 Å². The van der Waals surface area contributed by atoms with Gasteiger partial charge >= 0.3 is 0 Å². The Morgan fingerprint density at radius 1 is 0.373 bits per heavy atom. The molecule has 4 aromatic heterocycles. The van der Waals surface area contributed by atoms with Crippen molar-refractivity contribution in [3.8, 4) is 33.9 Å². The summed E-state index contributed by atoms with van der Waals surface area (Å²) in [6.07, 6.45) is 0. The molecule has 0 bridgehead atoms. The first-order valence-corrected chi connectivity index (χ1v) is 20.8. The molecule has 0 aliphatic rings. The summed E-state index contributed by atoms with van der Waals surface area (Å²) in [5.41, 5.74) is 11.8. The van der Waals surface area contributed by atoms with E-state index in [9.17, 15) is 0 Å². The van der Waals surface area contributed by atoms with Crippen LogP contribution in [0.15, 0.2) is 194 Å². The summed E-state index contributed by atoms with van der Waals surface area (Å²) in [7, 11) is 0. The minimum atomic E-state index is 0.878. The normalized spacial score (nSPS) is 12.1. The molecule has 0 amide bonds. The second kappa shape index (κ2) is 12.4. The van der Waals surface area contributed by atoms with Gasteiger partial charge in [-0.05, 0) is 82.9 Å². The first-order chi connectivity index (χ1) is 29.3. The van der Waals surface area contributed by atoms with E-state index in [4.69, 9.17) is 9.97 Å². The van der Waals surface area contributed by atoms with Crippen molar-refractivity contribution < 1.29 is 0 Å². The van der Waals surface area contributed by atoms with E-state index in [2.05, 4.69) is 203 Å². The Morgan fingerprint density at radius 2 is 0.983 bits per heavy atom. The Balaban J connectivity index is 1.09. The van der Waals surface area contributed by atoms with Gasteiger partial charge in [0.2, 0.25) is 0 Å². The Hall–Kier alpha value is -7.60. The zero-order valence-electron chi connectivity index (χ0n) is 31.7. The molecule has 0 atom stereocenters. The van der Waals surface area contributed by atoms with Crippen molar-refractivity contribution in [3.63, 3.8) is 0 Å². The molecule has 59 heavy (non-hydrogen) atoms. The summed E-state index contributed by atoms with van der Waals surface area (Å²) in [4.78, 5) is 12.1. The molecule has 0 unspecified atom stereocenters. The third kappa shape index (κ3) is 4.77. The quantitative estimate of drug-likeness (QED) is 0.179. The Bertz CT molecular complexity index is 3850. The number of nitrogens with zero attached hydrogens (tertiary/aromatic N) is 4. The number of hydrogen-bond acceptors (Lipinski definition) is 3. The van der Waals surface area contributed by atoms with E-state index in [-0.39, 0.29) is 0 Å². The molecule has 0 aliphatic heterocycles. The monoisotopic (exact) mass is 768 g/mol. The van der Waals surface area contributed by atoms with Crippen LogP contribution in [0, 0.1) is 0 Å². The van der Waals surface area contributed by atoms with Crippen LogP contribution in [-0.2, 0) is 0 Å². The molecule has 4 heterocycles. The van der Waals surface area contributed by atoms with E-state index in [0.717, 1.165) is 65.9 Å². The summed E-state index contributed by atoms with van der Waals surface area (Å²) in [5.74, 6) is 0. The Labute approximate surface area is 342 Å². The summed E-state index contributed by atoms with van der Waals surface area (Å²) in [5, 5.41) is 10.8. The number of fused-ring (bicyclic) bond motifs is 11. The van der Waals surface area contributed by atoms with Crippen LogP contribution in [0.1, 0.15) is 0 Å². The van der Waals surface area contributed by atoms with Gasteiger partial charge in [-0.2, -0.15) is 0 Å². The van der Waals surface area contributed by atoms with E-state index < -0.39 is 0 Å². The van der Waals surface area contributed by atoms with Crippen LogP contribution in [0.5, 0.6) is 0 Å². The zero-order valence-corrected chi connectivity index (χ0v) is 32.5. The van der Waals surface area contributed by atoms with Crippen molar-refractivity contribution in [1.29, 1.82) is 0 Å². The van der Waals surface area contributed by atoms with Crippen LogP contribution in [0.4, 0.5) is 0 Å². The molecule has 0 N–H and O–H groups in total. The van der Waals surface area contributed by atoms with Gasteiger partial charge in [0.05, 0.1) is 39.1 Å². The molecule has 13 rings (SSSR count). The second-order valence-electron chi connectivity index (χ2n) is 15.3. The maximum atomic E-state index is 5.62. The molecule has 4 nitrogen and oxygen atoms in total. The predicted molar refractivity (Wildman–Crippen MR) is 249 cm³/mol. The molecule has 0 radical (unpaired) electrons. The Morgan fingerprint density at radius 3 is 1.78 bits per heavy atom. The molecule has 0 aliphatic carbocycles. The fourth-order valence-corrected chi connectivity index (χ4v) is 10.5. The maximum absolute atomic E-state index is 5.62. The molecule has 0 spiro atoms. The van der Waals surface area contributed by atoms with E-state index >= 15 is 0 Å². The van der Waals surface area contributed by atoms with Gasteiger partial charge in [-0.3, -0.25) is 0 Å². The fourth-order valence-electron chi connectivity index (χ4n) is 9.49. The van der Waals surface area contributed by atoms with Crippen LogP contribution in [0.2, 0.25) is 0 Å². The van der Waals surface area contributed by atoms with Gasteiger partial charge < -0.3 is 9.13 Å². The number of thiophene rings is 1. The largest absolute Gasteiger partial charge is 0.309 e. The SMILES string of the molecule is c1ccc(-n2c3ccccc3c3cc(-c4nc5sc6ccccc6c5nc4-c4ccc(-n5c6ccccc6c6cc7ccccc7cc65)c5ccccc45)ccc32)cc1. The number of hydrogen-bond donors (Lipinski definition) is 0. The minimum absolute atomic E-state index is 0.878. The lowest BCUT2D eigenvalue weighted by Crippen LogP contribution is -1.99. The van der Waals surface area contributed by atoms with E-state index in [0.29, 0.717) is 0 Å². The molecule has 5 heteroatoms. The van der Waals surface area contributed by atoms with Crippen LogP contribution in [-0.4, -0.2) is 19.1 Å². The zero-order chi connectivity index (χ0) is 38.6. The summed E-state index contributed by atoms with van der Waals surface area (Å²) in [6, 6.07) is 70.1. The van der Waals surface area contributed by atoms with Gasteiger partial charge in [-0.15, -0.1) is 11.3 Å². The fraction of sp³-hybridized carbons (Fsp3) is 0. The molecule has 0 fully saturated rings. The lowest BCUT2D eigenvalue weighted by Gasteiger charge is -2.16. The molecular formula is C54H32N4S. The number of aromatic nitrogens is 4. The smallest absolute Gasteiger partial charge is 0.143 e. The average molecular weight is 769 g/mol. The van der Waals surface area contributed by atoms with Crippen LogP contribution >= 0.6 is 11.3 Å². The highest BCUT2D eigenvalue weighted by Crippen LogP contribution is 2.44. The second-order valence-corrected chi connectivity index (χ2v) is 16.4. The molecule has 9 aromatic carbocycles.